The molecule has 0 saturated carbocycles. The first kappa shape index (κ1) is 12.8. The standard InChI is InChI=1S/C14H15NO2S2/c16-14(17)10-5-11(18-8-10)6-15-7-12-4-9-2-1-3-13(9)19-12/h4-5,8,15H,1-3,6-7H2,(H,16,17). The number of aryl methyl sites for hydroxylation is 2. The lowest BCUT2D eigenvalue weighted by Gasteiger charge is -2.00. The third kappa shape index (κ3) is 2.88. The molecule has 0 bridgehead atoms. The third-order valence-corrected chi connectivity index (χ3v) is 5.47. The molecule has 5 heteroatoms. The maximum atomic E-state index is 10.8. The Kier molecular flexibility index (Phi) is 3.68. The van der Waals surface area contributed by atoms with E-state index < -0.39 is 5.97 Å². The second-order valence-corrected chi connectivity index (χ2v) is 6.94. The van der Waals surface area contributed by atoms with E-state index >= 15 is 0 Å². The van der Waals surface area contributed by atoms with Crippen molar-refractivity contribution in [2.45, 2.75) is 32.4 Å². The van der Waals surface area contributed by atoms with Crippen molar-refractivity contribution in [2.24, 2.45) is 0 Å². The molecule has 1 aliphatic rings. The van der Waals surface area contributed by atoms with Gasteiger partial charge in [0.05, 0.1) is 5.56 Å². The van der Waals surface area contributed by atoms with Crippen LogP contribution in [0.3, 0.4) is 0 Å². The molecule has 2 heterocycles. The first-order chi connectivity index (χ1) is 9.22. The summed E-state index contributed by atoms with van der Waals surface area (Å²) in [4.78, 5) is 14.8. The van der Waals surface area contributed by atoms with Gasteiger partial charge in [-0.3, -0.25) is 0 Å². The number of carboxylic acid groups (broad SMARTS) is 1. The molecule has 0 spiro atoms. The Morgan fingerprint density at radius 3 is 2.84 bits per heavy atom. The van der Waals surface area contributed by atoms with Crippen molar-refractivity contribution in [1.82, 2.24) is 5.32 Å². The predicted octanol–water partition coefficient (Wildman–Crippen LogP) is 3.29. The minimum Gasteiger partial charge on any atom is -0.478 e. The van der Waals surface area contributed by atoms with Crippen LogP contribution in [0.25, 0.3) is 0 Å². The highest BCUT2D eigenvalue weighted by Crippen LogP contribution is 2.30. The summed E-state index contributed by atoms with van der Waals surface area (Å²) < 4.78 is 0. The summed E-state index contributed by atoms with van der Waals surface area (Å²) in [6.07, 6.45) is 3.79. The smallest absolute Gasteiger partial charge is 0.336 e. The zero-order valence-electron chi connectivity index (χ0n) is 10.4. The molecule has 100 valence electrons. The molecule has 0 saturated heterocycles. The van der Waals surface area contributed by atoms with Crippen molar-refractivity contribution in [3.63, 3.8) is 0 Å². The molecule has 0 fully saturated rings. The van der Waals surface area contributed by atoms with E-state index in [9.17, 15) is 4.79 Å². The molecule has 0 aliphatic heterocycles. The lowest BCUT2D eigenvalue weighted by atomic mass is 10.2. The summed E-state index contributed by atoms with van der Waals surface area (Å²) in [5.74, 6) is -0.850. The number of thiophene rings is 2. The molecular formula is C14H15NO2S2. The molecule has 3 rings (SSSR count). The molecule has 0 radical (unpaired) electrons. The van der Waals surface area contributed by atoms with Crippen LogP contribution in [0.1, 0.15) is 37.0 Å². The highest BCUT2D eigenvalue weighted by Gasteiger charge is 2.14. The van der Waals surface area contributed by atoms with Crippen molar-refractivity contribution >= 4 is 28.6 Å². The molecule has 0 aromatic carbocycles. The van der Waals surface area contributed by atoms with E-state index in [0.29, 0.717) is 5.56 Å². The number of fused-ring (bicyclic) bond motifs is 1. The number of rotatable bonds is 5. The summed E-state index contributed by atoms with van der Waals surface area (Å²) >= 11 is 3.41. The minimum atomic E-state index is -0.850. The molecule has 2 aromatic heterocycles. The van der Waals surface area contributed by atoms with Crippen molar-refractivity contribution in [3.8, 4) is 0 Å². The second kappa shape index (κ2) is 5.45. The van der Waals surface area contributed by atoms with Crippen LogP contribution in [-0.4, -0.2) is 11.1 Å². The number of hydrogen-bond donors (Lipinski definition) is 2. The number of carbonyl (C=O) groups is 1. The Hall–Kier alpha value is -1.17. The van der Waals surface area contributed by atoms with Crippen LogP contribution < -0.4 is 5.32 Å². The highest BCUT2D eigenvalue weighted by molar-refractivity contribution is 7.12. The summed E-state index contributed by atoms with van der Waals surface area (Å²) in [7, 11) is 0. The van der Waals surface area contributed by atoms with E-state index in [2.05, 4.69) is 11.4 Å². The maximum absolute atomic E-state index is 10.8. The van der Waals surface area contributed by atoms with Gasteiger partial charge in [0.25, 0.3) is 0 Å². The minimum absolute atomic E-state index is 0.386. The molecule has 1 aliphatic carbocycles. The van der Waals surface area contributed by atoms with E-state index in [1.54, 1.807) is 16.3 Å². The van der Waals surface area contributed by atoms with Gasteiger partial charge >= 0.3 is 5.97 Å². The van der Waals surface area contributed by atoms with E-state index in [1.165, 1.54) is 41.0 Å². The number of carboxylic acids is 1. The van der Waals surface area contributed by atoms with E-state index in [1.807, 2.05) is 11.3 Å². The van der Waals surface area contributed by atoms with E-state index in [-0.39, 0.29) is 0 Å². The largest absolute Gasteiger partial charge is 0.478 e. The van der Waals surface area contributed by atoms with Crippen LogP contribution in [0.5, 0.6) is 0 Å². The van der Waals surface area contributed by atoms with Gasteiger partial charge in [-0.25, -0.2) is 4.79 Å². The van der Waals surface area contributed by atoms with Crippen LogP contribution in [-0.2, 0) is 25.9 Å². The first-order valence-electron chi connectivity index (χ1n) is 6.34. The zero-order chi connectivity index (χ0) is 13.2. The number of hydrogen-bond acceptors (Lipinski definition) is 4. The zero-order valence-corrected chi connectivity index (χ0v) is 12.1. The summed E-state index contributed by atoms with van der Waals surface area (Å²) in [5.41, 5.74) is 1.92. The Bertz CT molecular complexity index is 579. The van der Waals surface area contributed by atoms with Gasteiger partial charge in [0.2, 0.25) is 0 Å². The fourth-order valence-corrected chi connectivity index (χ4v) is 4.43. The molecule has 0 unspecified atom stereocenters. The van der Waals surface area contributed by atoms with Crippen molar-refractivity contribution in [3.05, 3.63) is 43.3 Å². The van der Waals surface area contributed by atoms with Gasteiger partial charge < -0.3 is 10.4 Å². The van der Waals surface area contributed by atoms with Crippen molar-refractivity contribution in [2.75, 3.05) is 0 Å². The normalized spacial score (nSPS) is 13.7. The molecule has 0 atom stereocenters. The Morgan fingerprint density at radius 1 is 1.26 bits per heavy atom. The van der Waals surface area contributed by atoms with Gasteiger partial charge in [0.15, 0.2) is 0 Å². The number of aromatic carboxylic acids is 1. The van der Waals surface area contributed by atoms with Gasteiger partial charge in [-0.05, 0) is 37.0 Å². The molecule has 3 nitrogen and oxygen atoms in total. The fraction of sp³-hybridized carbons (Fsp3) is 0.357. The van der Waals surface area contributed by atoms with Gasteiger partial charge in [-0.2, -0.15) is 0 Å². The summed E-state index contributed by atoms with van der Waals surface area (Å²) in [5, 5.41) is 13.9. The lowest BCUT2D eigenvalue weighted by Crippen LogP contribution is -2.10. The Balaban J connectivity index is 1.53. The van der Waals surface area contributed by atoms with E-state index in [4.69, 9.17) is 5.11 Å². The molecule has 2 aromatic rings. The average molecular weight is 293 g/mol. The van der Waals surface area contributed by atoms with Crippen LogP contribution in [0.15, 0.2) is 17.5 Å². The quantitative estimate of drug-likeness (QED) is 0.889. The molecular weight excluding hydrogens is 278 g/mol. The summed E-state index contributed by atoms with van der Waals surface area (Å²) in [6, 6.07) is 4.06. The fourth-order valence-electron chi connectivity index (χ4n) is 2.37. The molecule has 2 N–H and O–H groups in total. The lowest BCUT2D eigenvalue weighted by molar-refractivity contribution is 0.0697. The van der Waals surface area contributed by atoms with Gasteiger partial charge in [-0.1, -0.05) is 0 Å². The summed E-state index contributed by atoms with van der Waals surface area (Å²) in [6.45, 7) is 1.61. The Morgan fingerprint density at radius 2 is 2.11 bits per heavy atom. The van der Waals surface area contributed by atoms with Gasteiger partial charge in [0, 0.05) is 33.1 Å². The SMILES string of the molecule is O=C(O)c1csc(CNCc2cc3c(s2)CCC3)c1. The van der Waals surface area contributed by atoms with Crippen LogP contribution >= 0.6 is 22.7 Å². The highest BCUT2D eigenvalue weighted by atomic mass is 32.1. The molecule has 0 amide bonds. The van der Waals surface area contributed by atoms with Crippen LogP contribution in [0.4, 0.5) is 0 Å². The predicted molar refractivity (Wildman–Crippen MR) is 78.2 cm³/mol. The van der Waals surface area contributed by atoms with Gasteiger partial charge in [0.1, 0.15) is 0 Å². The second-order valence-electron chi connectivity index (χ2n) is 4.73. The Labute approximate surface area is 119 Å². The van der Waals surface area contributed by atoms with Crippen LogP contribution in [0, 0.1) is 0 Å². The molecule has 19 heavy (non-hydrogen) atoms. The van der Waals surface area contributed by atoms with E-state index in [0.717, 1.165) is 18.0 Å². The van der Waals surface area contributed by atoms with Gasteiger partial charge in [-0.15, -0.1) is 22.7 Å². The van der Waals surface area contributed by atoms with Crippen LogP contribution in [0.2, 0.25) is 0 Å². The third-order valence-electron chi connectivity index (χ3n) is 3.30. The van der Waals surface area contributed by atoms with Crippen molar-refractivity contribution < 1.29 is 9.90 Å². The topological polar surface area (TPSA) is 49.3 Å². The maximum Gasteiger partial charge on any atom is 0.336 e. The number of nitrogens with one attached hydrogen (secondary N) is 1. The van der Waals surface area contributed by atoms with Crippen molar-refractivity contribution in [1.29, 1.82) is 0 Å². The first-order valence-corrected chi connectivity index (χ1v) is 8.04. The average Bonchev–Trinajstić information content (AvgIpc) is 3.02. The monoisotopic (exact) mass is 293 g/mol.